The number of hydrogen-bond acceptors (Lipinski definition) is 9. The van der Waals surface area contributed by atoms with Crippen LogP contribution in [0.25, 0.3) is 22.2 Å². The monoisotopic (exact) mass is 647 g/mol. The first-order chi connectivity index (χ1) is 22.1. The van der Waals surface area contributed by atoms with E-state index in [1.54, 1.807) is 19.1 Å². The van der Waals surface area contributed by atoms with Crippen LogP contribution < -0.4 is 20.1 Å². The maximum Gasteiger partial charge on any atom is 0.330 e. The van der Waals surface area contributed by atoms with Crippen LogP contribution in [0.4, 0.5) is 5.13 Å². The highest BCUT2D eigenvalue weighted by molar-refractivity contribution is 7.14. The van der Waals surface area contributed by atoms with E-state index >= 15 is 0 Å². The Bertz CT molecular complexity index is 1670. The highest BCUT2D eigenvalue weighted by Gasteiger charge is 2.61. The summed E-state index contributed by atoms with van der Waals surface area (Å²) in [5.74, 6) is -2.17. The molecule has 0 spiro atoms. The third kappa shape index (κ3) is 6.40. The standard InChI is InChI=1S/C34H41N5O6S/c1-19(2)35-33-37-28(18-46-33)27-14-20-13-22(44-4)10-11-24(20)30(36-27)45-23-15-25-26(16-23)31(41)39(3)12-8-6-5-7-9-21-17-34(21,32(42)43)38-29(25)40/h7,9-11,13-14,18-19,21,23,25-26H,5-6,8,12,15-17H2,1-4H3,(H,35,37)(H,38,40)(H,42,43). The number of nitrogens with one attached hydrogen (secondary N) is 2. The van der Waals surface area contributed by atoms with Crippen molar-refractivity contribution in [2.75, 3.05) is 26.0 Å². The molecular formula is C34H41N5O6S. The van der Waals surface area contributed by atoms with Gasteiger partial charge in [0.1, 0.15) is 23.1 Å². The lowest BCUT2D eigenvalue weighted by atomic mass is 9.93. The molecule has 6 rings (SSSR count). The molecule has 0 bridgehead atoms. The van der Waals surface area contributed by atoms with E-state index in [0.29, 0.717) is 42.4 Å². The maximum atomic E-state index is 13.8. The van der Waals surface area contributed by atoms with E-state index in [1.807, 2.05) is 41.8 Å². The van der Waals surface area contributed by atoms with Crippen molar-refractivity contribution in [3.05, 3.63) is 41.8 Å². The third-order valence-electron chi connectivity index (χ3n) is 9.24. The Morgan fingerprint density at radius 3 is 2.72 bits per heavy atom. The van der Waals surface area contributed by atoms with E-state index in [-0.39, 0.29) is 24.3 Å². The van der Waals surface area contributed by atoms with Crippen LogP contribution in [0.3, 0.4) is 0 Å². The minimum Gasteiger partial charge on any atom is -0.497 e. The second kappa shape index (κ2) is 12.9. The van der Waals surface area contributed by atoms with Gasteiger partial charge in [0, 0.05) is 36.3 Å². The molecular weight excluding hydrogens is 606 g/mol. The van der Waals surface area contributed by atoms with Gasteiger partial charge in [0.2, 0.25) is 17.7 Å². The van der Waals surface area contributed by atoms with Gasteiger partial charge in [0.05, 0.1) is 24.6 Å². The third-order valence-corrected chi connectivity index (χ3v) is 10.0. The van der Waals surface area contributed by atoms with E-state index in [4.69, 9.17) is 19.4 Å². The number of benzene rings is 1. The number of carbonyl (C=O) groups excluding carboxylic acids is 2. The summed E-state index contributed by atoms with van der Waals surface area (Å²) in [6.07, 6.45) is 6.83. The van der Waals surface area contributed by atoms with Gasteiger partial charge in [0.25, 0.3) is 0 Å². The first-order valence-corrected chi connectivity index (χ1v) is 16.8. The molecule has 244 valence electrons. The molecule has 5 unspecified atom stereocenters. The normalized spacial score (nSPS) is 26.7. The van der Waals surface area contributed by atoms with Gasteiger partial charge in [-0.3, -0.25) is 9.59 Å². The van der Waals surface area contributed by atoms with Crippen LogP contribution in [0.2, 0.25) is 0 Å². The summed E-state index contributed by atoms with van der Waals surface area (Å²) in [7, 11) is 3.38. The number of aliphatic carboxylic acids is 1. The molecule has 2 aromatic heterocycles. The molecule has 12 heteroatoms. The van der Waals surface area contributed by atoms with E-state index < -0.39 is 35.4 Å². The molecule has 1 aliphatic heterocycles. The van der Waals surface area contributed by atoms with Crippen molar-refractivity contribution in [2.24, 2.45) is 17.8 Å². The fraction of sp³-hybridized carbons (Fsp3) is 0.500. The Balaban J connectivity index is 1.32. The van der Waals surface area contributed by atoms with Gasteiger partial charge in [-0.05, 0) is 82.0 Å². The van der Waals surface area contributed by atoms with Gasteiger partial charge in [-0.25, -0.2) is 14.8 Å². The molecule has 3 heterocycles. The maximum absolute atomic E-state index is 13.8. The van der Waals surface area contributed by atoms with Gasteiger partial charge in [-0.2, -0.15) is 0 Å². The van der Waals surface area contributed by atoms with Crippen molar-refractivity contribution in [1.29, 1.82) is 0 Å². The zero-order chi connectivity index (χ0) is 32.6. The Hall–Kier alpha value is -4.19. The summed E-state index contributed by atoms with van der Waals surface area (Å²) >= 11 is 1.50. The number of hydrogen-bond donors (Lipinski definition) is 3. The van der Waals surface area contributed by atoms with Crippen molar-refractivity contribution >= 4 is 45.0 Å². The minimum atomic E-state index is -1.34. The second-order valence-electron chi connectivity index (χ2n) is 12.9. The van der Waals surface area contributed by atoms with Crippen LogP contribution in [-0.4, -0.2) is 76.1 Å². The summed E-state index contributed by atoms with van der Waals surface area (Å²) < 4.78 is 12.1. The number of pyridine rings is 1. The van der Waals surface area contributed by atoms with Gasteiger partial charge >= 0.3 is 5.97 Å². The Labute approximate surface area is 272 Å². The number of methoxy groups -OCH3 is 1. The van der Waals surface area contributed by atoms with Gasteiger partial charge in [-0.15, -0.1) is 11.3 Å². The summed E-state index contributed by atoms with van der Waals surface area (Å²) in [5, 5.41) is 20.6. The van der Waals surface area contributed by atoms with Crippen LogP contribution in [0, 0.1) is 17.8 Å². The highest BCUT2D eigenvalue weighted by Crippen LogP contribution is 2.46. The van der Waals surface area contributed by atoms with Crippen molar-refractivity contribution < 1.29 is 29.0 Å². The highest BCUT2D eigenvalue weighted by atomic mass is 32.1. The van der Waals surface area contributed by atoms with E-state index in [9.17, 15) is 19.5 Å². The quantitative estimate of drug-likeness (QED) is 0.298. The van der Waals surface area contributed by atoms with Crippen LogP contribution >= 0.6 is 11.3 Å². The number of amides is 2. The van der Waals surface area contributed by atoms with E-state index in [0.717, 1.165) is 35.2 Å². The van der Waals surface area contributed by atoms with Crippen molar-refractivity contribution in [3.8, 4) is 23.0 Å². The Morgan fingerprint density at radius 2 is 1.96 bits per heavy atom. The first kappa shape index (κ1) is 31.8. The van der Waals surface area contributed by atoms with Crippen LogP contribution in [0.1, 0.15) is 52.4 Å². The molecule has 0 saturated heterocycles. The molecule has 5 atom stereocenters. The lowest BCUT2D eigenvalue weighted by Crippen LogP contribution is -2.49. The van der Waals surface area contributed by atoms with Gasteiger partial charge in [0.15, 0.2) is 5.13 Å². The molecule has 2 saturated carbocycles. The number of rotatable bonds is 7. The minimum absolute atomic E-state index is 0.125. The van der Waals surface area contributed by atoms with E-state index in [1.165, 1.54) is 11.3 Å². The molecule has 3 aromatic rings. The van der Waals surface area contributed by atoms with Crippen LogP contribution in [0.5, 0.6) is 11.6 Å². The molecule has 46 heavy (non-hydrogen) atoms. The largest absolute Gasteiger partial charge is 0.497 e. The number of allylic oxidation sites excluding steroid dienone is 1. The number of carboxylic acid groups (broad SMARTS) is 1. The SMILES string of the molecule is COc1ccc2c(OC3CC4C(=O)NC5(C(=O)O)CC5C=CCCCCN(C)C(=O)C4C3)nc(-c3csc(NC(C)C)n3)cc2c1. The molecule has 0 radical (unpaired) electrons. The summed E-state index contributed by atoms with van der Waals surface area (Å²) in [6.45, 7) is 4.69. The molecule has 3 aliphatic rings. The first-order valence-electron chi connectivity index (χ1n) is 15.9. The molecule has 3 N–H and O–H groups in total. The van der Waals surface area contributed by atoms with Gasteiger partial charge < -0.3 is 30.1 Å². The topological polar surface area (TPSA) is 143 Å². The number of anilines is 1. The van der Waals surface area contributed by atoms with Crippen LogP contribution in [0.15, 0.2) is 41.8 Å². The average molecular weight is 648 g/mol. The smallest absolute Gasteiger partial charge is 0.330 e. The fourth-order valence-electron chi connectivity index (χ4n) is 6.61. The molecule has 1 aromatic carbocycles. The molecule has 2 amide bonds. The summed E-state index contributed by atoms with van der Waals surface area (Å²) in [4.78, 5) is 51.2. The van der Waals surface area contributed by atoms with Crippen molar-refractivity contribution in [2.45, 2.75) is 70.1 Å². The van der Waals surface area contributed by atoms with Crippen molar-refractivity contribution in [3.63, 3.8) is 0 Å². The van der Waals surface area contributed by atoms with E-state index in [2.05, 4.69) is 24.5 Å². The lowest BCUT2D eigenvalue weighted by Gasteiger charge is -2.26. The zero-order valence-electron chi connectivity index (χ0n) is 26.6. The van der Waals surface area contributed by atoms with Crippen molar-refractivity contribution in [1.82, 2.24) is 20.2 Å². The number of nitrogens with zero attached hydrogens (tertiary/aromatic N) is 3. The number of carbonyl (C=O) groups is 3. The fourth-order valence-corrected chi connectivity index (χ4v) is 7.46. The Morgan fingerprint density at radius 1 is 1.15 bits per heavy atom. The second-order valence-corrected chi connectivity index (χ2v) is 13.8. The van der Waals surface area contributed by atoms with Gasteiger partial charge in [-0.1, -0.05) is 12.2 Å². The van der Waals surface area contributed by atoms with Crippen LogP contribution in [-0.2, 0) is 14.4 Å². The lowest BCUT2D eigenvalue weighted by molar-refractivity contribution is -0.145. The molecule has 2 aliphatic carbocycles. The summed E-state index contributed by atoms with van der Waals surface area (Å²) in [5.41, 5.74) is -0.00591. The number of thiazole rings is 1. The zero-order valence-corrected chi connectivity index (χ0v) is 27.4. The predicted molar refractivity (Wildman–Crippen MR) is 176 cm³/mol. The molecule has 2 fully saturated rings. The summed E-state index contributed by atoms with van der Waals surface area (Å²) in [6, 6.07) is 7.83. The number of ether oxygens (including phenoxy) is 2. The predicted octanol–water partition coefficient (Wildman–Crippen LogP) is 5.12. The number of fused-ring (bicyclic) bond motifs is 3. The molecule has 11 nitrogen and oxygen atoms in total. The Kier molecular flexibility index (Phi) is 8.91. The average Bonchev–Trinajstić information content (AvgIpc) is 3.31. The number of aromatic nitrogens is 2. The number of carboxylic acids is 1.